The monoisotopic (exact) mass is 211 g/mol. The molecule has 2 aliphatic carbocycles. The van der Waals surface area contributed by atoms with Crippen LogP contribution in [0.2, 0.25) is 0 Å². The fraction of sp³-hybridized carbons (Fsp3) is 0.917. The molecule has 3 atom stereocenters. The van der Waals surface area contributed by atoms with Gasteiger partial charge in [-0.2, -0.15) is 0 Å². The van der Waals surface area contributed by atoms with Crippen molar-refractivity contribution in [3.05, 3.63) is 0 Å². The minimum atomic E-state index is -0.681. The van der Waals surface area contributed by atoms with Gasteiger partial charge in [0.1, 0.15) is 0 Å². The van der Waals surface area contributed by atoms with Crippen molar-refractivity contribution >= 4 is 5.97 Å². The summed E-state index contributed by atoms with van der Waals surface area (Å²) in [5.41, 5.74) is 5.73. The highest BCUT2D eigenvalue weighted by Crippen LogP contribution is 2.52. The summed E-state index contributed by atoms with van der Waals surface area (Å²) in [5, 5.41) is 8.95. The van der Waals surface area contributed by atoms with E-state index in [-0.39, 0.29) is 11.8 Å². The first-order valence-corrected chi connectivity index (χ1v) is 6.07. The summed E-state index contributed by atoms with van der Waals surface area (Å²) in [5.74, 6) is 0.849. The number of hydrogen-bond acceptors (Lipinski definition) is 2. The van der Waals surface area contributed by atoms with Crippen LogP contribution < -0.4 is 5.73 Å². The molecule has 0 saturated heterocycles. The van der Waals surface area contributed by atoms with E-state index in [1.165, 1.54) is 25.7 Å². The van der Waals surface area contributed by atoms with Crippen molar-refractivity contribution in [2.75, 3.05) is 6.54 Å². The van der Waals surface area contributed by atoms with Crippen LogP contribution in [0.3, 0.4) is 0 Å². The molecule has 0 aromatic rings. The zero-order valence-electron chi connectivity index (χ0n) is 9.24. The average molecular weight is 211 g/mol. The van der Waals surface area contributed by atoms with Crippen molar-refractivity contribution < 1.29 is 9.90 Å². The standard InChI is InChI=1S/C12H21NO2/c13-8-12(7-11(14)15)5-9-3-1-2-4-10(9)6-12/h9-10H,1-8,13H2,(H,14,15)/t9-,10+,12+. The number of hydrogen-bond donors (Lipinski definition) is 2. The number of carboxylic acids is 1. The van der Waals surface area contributed by atoms with E-state index in [1.807, 2.05) is 0 Å². The predicted molar refractivity (Wildman–Crippen MR) is 58.4 cm³/mol. The van der Waals surface area contributed by atoms with Gasteiger partial charge in [-0.05, 0) is 36.6 Å². The van der Waals surface area contributed by atoms with Crippen molar-refractivity contribution in [2.45, 2.75) is 44.9 Å². The van der Waals surface area contributed by atoms with Crippen LogP contribution in [0.4, 0.5) is 0 Å². The Bertz CT molecular complexity index is 238. The van der Waals surface area contributed by atoms with E-state index >= 15 is 0 Å². The number of fused-ring (bicyclic) bond motifs is 1. The van der Waals surface area contributed by atoms with Gasteiger partial charge in [-0.1, -0.05) is 25.7 Å². The molecule has 0 radical (unpaired) electrons. The summed E-state index contributed by atoms with van der Waals surface area (Å²) >= 11 is 0. The van der Waals surface area contributed by atoms with Crippen LogP contribution in [0.1, 0.15) is 44.9 Å². The largest absolute Gasteiger partial charge is 0.481 e. The fourth-order valence-electron chi connectivity index (χ4n) is 3.72. The molecule has 2 saturated carbocycles. The summed E-state index contributed by atoms with van der Waals surface area (Å²) in [4.78, 5) is 10.9. The van der Waals surface area contributed by atoms with Gasteiger partial charge < -0.3 is 10.8 Å². The normalized spacial score (nSPS) is 40.1. The summed E-state index contributed by atoms with van der Waals surface area (Å²) in [6.45, 7) is 0.548. The lowest BCUT2D eigenvalue weighted by Crippen LogP contribution is -2.30. The summed E-state index contributed by atoms with van der Waals surface area (Å²) in [6.07, 6.45) is 7.64. The summed E-state index contributed by atoms with van der Waals surface area (Å²) in [7, 11) is 0. The van der Waals surface area contributed by atoms with Gasteiger partial charge in [0, 0.05) is 0 Å². The van der Waals surface area contributed by atoms with E-state index in [9.17, 15) is 4.79 Å². The molecule has 0 aliphatic heterocycles. The van der Waals surface area contributed by atoms with Gasteiger partial charge in [0.05, 0.1) is 6.42 Å². The molecule has 0 amide bonds. The van der Waals surface area contributed by atoms with Crippen LogP contribution in [-0.2, 0) is 4.79 Å². The lowest BCUT2D eigenvalue weighted by molar-refractivity contribution is -0.139. The molecular formula is C12H21NO2. The third kappa shape index (κ3) is 2.17. The smallest absolute Gasteiger partial charge is 0.303 e. The first-order valence-electron chi connectivity index (χ1n) is 6.07. The first-order chi connectivity index (χ1) is 7.15. The zero-order chi connectivity index (χ0) is 10.9. The third-order valence-corrected chi connectivity index (χ3v) is 4.42. The molecule has 15 heavy (non-hydrogen) atoms. The fourth-order valence-corrected chi connectivity index (χ4v) is 3.72. The quantitative estimate of drug-likeness (QED) is 0.750. The Balaban J connectivity index is 2.05. The van der Waals surface area contributed by atoms with E-state index in [2.05, 4.69) is 0 Å². The van der Waals surface area contributed by atoms with E-state index in [4.69, 9.17) is 10.8 Å². The van der Waals surface area contributed by atoms with E-state index in [0.717, 1.165) is 24.7 Å². The Morgan fingerprint density at radius 1 is 1.27 bits per heavy atom. The highest BCUT2D eigenvalue weighted by Gasteiger charge is 2.45. The maximum absolute atomic E-state index is 10.9. The van der Waals surface area contributed by atoms with Gasteiger partial charge in [-0.15, -0.1) is 0 Å². The molecule has 0 spiro atoms. The minimum absolute atomic E-state index is 0.0779. The number of carboxylic acid groups (broad SMARTS) is 1. The number of nitrogens with two attached hydrogens (primary N) is 1. The van der Waals surface area contributed by atoms with Crippen LogP contribution in [0.25, 0.3) is 0 Å². The maximum Gasteiger partial charge on any atom is 0.303 e. The molecule has 0 bridgehead atoms. The Morgan fingerprint density at radius 2 is 1.80 bits per heavy atom. The van der Waals surface area contributed by atoms with E-state index in [1.54, 1.807) is 0 Å². The van der Waals surface area contributed by atoms with Crippen LogP contribution in [-0.4, -0.2) is 17.6 Å². The molecule has 0 heterocycles. The van der Waals surface area contributed by atoms with Crippen LogP contribution in [0.5, 0.6) is 0 Å². The van der Waals surface area contributed by atoms with Gasteiger partial charge in [0.25, 0.3) is 0 Å². The van der Waals surface area contributed by atoms with E-state index < -0.39 is 5.97 Å². The summed E-state index contributed by atoms with van der Waals surface area (Å²) < 4.78 is 0. The molecular weight excluding hydrogens is 190 g/mol. The molecule has 0 aromatic carbocycles. The highest BCUT2D eigenvalue weighted by atomic mass is 16.4. The lowest BCUT2D eigenvalue weighted by Gasteiger charge is -2.25. The highest BCUT2D eigenvalue weighted by molar-refractivity contribution is 5.67. The maximum atomic E-state index is 10.9. The SMILES string of the molecule is NC[C@@]1(CC(=O)O)C[C@H]2CCCC[C@H]2C1. The third-order valence-electron chi connectivity index (χ3n) is 4.42. The van der Waals surface area contributed by atoms with Crippen molar-refractivity contribution in [1.29, 1.82) is 0 Å². The van der Waals surface area contributed by atoms with Crippen LogP contribution in [0.15, 0.2) is 0 Å². The Kier molecular flexibility index (Phi) is 3.01. The van der Waals surface area contributed by atoms with Crippen molar-refractivity contribution in [3.63, 3.8) is 0 Å². The van der Waals surface area contributed by atoms with Crippen LogP contribution >= 0.6 is 0 Å². The predicted octanol–water partition coefficient (Wildman–Crippen LogP) is 2.01. The second-order valence-corrected chi connectivity index (χ2v) is 5.49. The Morgan fingerprint density at radius 3 is 2.20 bits per heavy atom. The number of rotatable bonds is 3. The number of carbonyl (C=O) groups is 1. The molecule has 2 rings (SSSR count). The van der Waals surface area contributed by atoms with Gasteiger partial charge in [-0.3, -0.25) is 4.79 Å². The zero-order valence-corrected chi connectivity index (χ0v) is 9.24. The van der Waals surface area contributed by atoms with Gasteiger partial charge in [-0.25, -0.2) is 0 Å². The van der Waals surface area contributed by atoms with Gasteiger partial charge in [0.2, 0.25) is 0 Å². The minimum Gasteiger partial charge on any atom is -0.481 e. The second kappa shape index (κ2) is 4.12. The molecule has 86 valence electrons. The first kappa shape index (κ1) is 10.9. The van der Waals surface area contributed by atoms with Gasteiger partial charge in [0.15, 0.2) is 0 Å². The Labute approximate surface area is 91.0 Å². The lowest BCUT2D eigenvalue weighted by atomic mass is 9.81. The van der Waals surface area contributed by atoms with Crippen molar-refractivity contribution in [3.8, 4) is 0 Å². The second-order valence-electron chi connectivity index (χ2n) is 5.49. The van der Waals surface area contributed by atoms with Crippen molar-refractivity contribution in [1.82, 2.24) is 0 Å². The molecule has 0 unspecified atom stereocenters. The molecule has 3 nitrogen and oxygen atoms in total. The van der Waals surface area contributed by atoms with Crippen LogP contribution in [0, 0.1) is 17.3 Å². The Hall–Kier alpha value is -0.570. The van der Waals surface area contributed by atoms with Gasteiger partial charge >= 0.3 is 5.97 Å². The number of aliphatic carboxylic acids is 1. The summed E-state index contributed by atoms with van der Waals surface area (Å²) in [6, 6.07) is 0. The topological polar surface area (TPSA) is 63.3 Å². The molecule has 0 aromatic heterocycles. The molecule has 2 aliphatic rings. The average Bonchev–Trinajstić information content (AvgIpc) is 2.55. The molecule has 2 fully saturated rings. The molecule has 3 heteroatoms. The molecule has 3 N–H and O–H groups in total. The van der Waals surface area contributed by atoms with E-state index in [0.29, 0.717) is 6.54 Å². The van der Waals surface area contributed by atoms with Crippen molar-refractivity contribution in [2.24, 2.45) is 23.0 Å².